The molecule has 1 aromatic heterocycles. The maximum atomic E-state index is 12.4. The van der Waals surface area contributed by atoms with Crippen molar-refractivity contribution in [3.63, 3.8) is 0 Å². The molecule has 0 aliphatic heterocycles. The monoisotopic (exact) mass is 334 g/mol. The molecule has 23 heavy (non-hydrogen) atoms. The van der Waals surface area contributed by atoms with Gasteiger partial charge in [0.15, 0.2) is 0 Å². The molecule has 6 nitrogen and oxygen atoms in total. The maximum absolute atomic E-state index is 12.4. The van der Waals surface area contributed by atoms with Crippen LogP contribution >= 0.6 is 11.6 Å². The number of nitrogens with zero attached hydrogens (tertiary/aromatic N) is 2. The van der Waals surface area contributed by atoms with Gasteiger partial charge in [-0.25, -0.2) is 9.97 Å². The zero-order chi connectivity index (χ0) is 16.8. The Hall–Kier alpha value is -2.18. The largest absolute Gasteiger partial charge is 0.383 e. The molecule has 2 aromatic rings. The molecular weight excluding hydrogens is 316 g/mol. The van der Waals surface area contributed by atoms with Crippen molar-refractivity contribution in [1.82, 2.24) is 9.97 Å². The highest BCUT2D eigenvalue weighted by Crippen LogP contribution is 2.27. The van der Waals surface area contributed by atoms with Crippen molar-refractivity contribution < 1.29 is 9.53 Å². The third-order valence-electron chi connectivity index (χ3n) is 3.15. The number of carbonyl (C=O) groups excluding carboxylic acids is 1. The number of nitrogens with one attached hydrogen (secondary N) is 2. The van der Waals surface area contributed by atoms with Crippen LogP contribution in [0.2, 0.25) is 5.02 Å². The summed E-state index contributed by atoms with van der Waals surface area (Å²) >= 11 is 6.21. The second-order valence-electron chi connectivity index (χ2n) is 5.08. The molecule has 0 bridgehead atoms. The summed E-state index contributed by atoms with van der Waals surface area (Å²) in [5.41, 5.74) is 2.79. The van der Waals surface area contributed by atoms with E-state index in [4.69, 9.17) is 16.3 Å². The molecule has 1 aromatic carbocycles. The SMILES string of the molecule is COCCNc1nccc(C(=O)Nc2c(C)cc(C)cc2Cl)n1. The quantitative estimate of drug-likeness (QED) is 0.794. The minimum absolute atomic E-state index is 0.260. The molecule has 0 spiro atoms. The number of anilines is 2. The van der Waals surface area contributed by atoms with Crippen LogP contribution in [0.1, 0.15) is 21.6 Å². The summed E-state index contributed by atoms with van der Waals surface area (Å²) in [6, 6.07) is 5.31. The Morgan fingerprint density at radius 1 is 1.35 bits per heavy atom. The van der Waals surface area contributed by atoms with Crippen LogP contribution < -0.4 is 10.6 Å². The van der Waals surface area contributed by atoms with E-state index in [0.717, 1.165) is 11.1 Å². The van der Waals surface area contributed by atoms with Gasteiger partial charge in [-0.15, -0.1) is 0 Å². The molecule has 0 saturated carbocycles. The molecular formula is C16H19ClN4O2. The number of amides is 1. The minimum atomic E-state index is -0.337. The van der Waals surface area contributed by atoms with Crippen LogP contribution in [0.25, 0.3) is 0 Å². The van der Waals surface area contributed by atoms with Crippen LogP contribution in [0.3, 0.4) is 0 Å². The highest BCUT2D eigenvalue weighted by atomic mass is 35.5. The van der Waals surface area contributed by atoms with E-state index in [9.17, 15) is 4.79 Å². The summed E-state index contributed by atoms with van der Waals surface area (Å²) in [5.74, 6) is 0.0393. The first-order valence-corrected chi connectivity index (χ1v) is 7.53. The molecule has 0 radical (unpaired) electrons. The lowest BCUT2D eigenvalue weighted by atomic mass is 10.1. The molecule has 0 aliphatic carbocycles. The molecule has 2 rings (SSSR count). The fourth-order valence-electron chi connectivity index (χ4n) is 2.09. The van der Waals surface area contributed by atoms with E-state index >= 15 is 0 Å². The molecule has 0 aliphatic rings. The average Bonchev–Trinajstić information content (AvgIpc) is 2.51. The molecule has 0 fully saturated rings. The predicted octanol–water partition coefficient (Wildman–Crippen LogP) is 3.06. The van der Waals surface area contributed by atoms with Crippen LogP contribution in [-0.4, -0.2) is 36.1 Å². The number of aromatic nitrogens is 2. The van der Waals surface area contributed by atoms with E-state index < -0.39 is 0 Å². The van der Waals surface area contributed by atoms with E-state index in [-0.39, 0.29) is 11.6 Å². The van der Waals surface area contributed by atoms with Gasteiger partial charge in [0, 0.05) is 19.9 Å². The Bertz CT molecular complexity index is 683. The summed E-state index contributed by atoms with van der Waals surface area (Å²) in [7, 11) is 1.61. The van der Waals surface area contributed by atoms with Gasteiger partial charge in [-0.3, -0.25) is 4.79 Å². The zero-order valence-corrected chi connectivity index (χ0v) is 14.1. The summed E-state index contributed by atoms with van der Waals surface area (Å²) in [6.07, 6.45) is 1.53. The van der Waals surface area contributed by atoms with Crippen LogP contribution in [0.15, 0.2) is 24.4 Å². The van der Waals surface area contributed by atoms with Crippen molar-refractivity contribution in [2.75, 3.05) is 30.9 Å². The van der Waals surface area contributed by atoms with Crippen LogP contribution in [0.5, 0.6) is 0 Å². The summed E-state index contributed by atoms with van der Waals surface area (Å²) in [4.78, 5) is 20.6. The number of methoxy groups -OCH3 is 1. The van der Waals surface area contributed by atoms with Gasteiger partial charge in [0.1, 0.15) is 5.69 Å². The van der Waals surface area contributed by atoms with Crippen molar-refractivity contribution in [2.24, 2.45) is 0 Å². The fraction of sp³-hybridized carbons (Fsp3) is 0.312. The number of ether oxygens (including phenoxy) is 1. The number of benzene rings is 1. The maximum Gasteiger partial charge on any atom is 0.274 e. The smallest absolute Gasteiger partial charge is 0.274 e. The minimum Gasteiger partial charge on any atom is -0.383 e. The summed E-state index contributed by atoms with van der Waals surface area (Å²) in [5, 5.41) is 6.29. The standard InChI is InChI=1S/C16H19ClN4O2/c1-10-8-11(2)14(12(17)9-10)21-15(22)13-4-5-18-16(20-13)19-6-7-23-3/h4-5,8-9H,6-7H2,1-3H3,(H,21,22)(H,18,19,20). The van der Waals surface area contributed by atoms with Crippen molar-refractivity contribution in [3.8, 4) is 0 Å². The van der Waals surface area contributed by atoms with Crippen molar-refractivity contribution >= 4 is 29.1 Å². The van der Waals surface area contributed by atoms with E-state index in [1.165, 1.54) is 6.20 Å². The third kappa shape index (κ3) is 4.64. The van der Waals surface area contributed by atoms with Crippen LogP contribution in [0, 0.1) is 13.8 Å². The molecule has 0 unspecified atom stereocenters. The van der Waals surface area contributed by atoms with Gasteiger partial charge in [0.05, 0.1) is 17.3 Å². The van der Waals surface area contributed by atoms with Gasteiger partial charge in [-0.1, -0.05) is 17.7 Å². The highest BCUT2D eigenvalue weighted by molar-refractivity contribution is 6.34. The van der Waals surface area contributed by atoms with E-state index in [0.29, 0.717) is 29.8 Å². The fourth-order valence-corrected chi connectivity index (χ4v) is 2.46. The molecule has 0 atom stereocenters. The Labute approximate surface area is 140 Å². The van der Waals surface area contributed by atoms with Gasteiger partial charge in [0.2, 0.25) is 5.95 Å². The second-order valence-corrected chi connectivity index (χ2v) is 5.49. The Kier molecular flexibility index (Phi) is 5.90. The first-order valence-electron chi connectivity index (χ1n) is 7.15. The number of hydrogen-bond acceptors (Lipinski definition) is 5. The lowest BCUT2D eigenvalue weighted by Crippen LogP contribution is -2.17. The zero-order valence-electron chi connectivity index (χ0n) is 13.3. The molecule has 122 valence electrons. The topological polar surface area (TPSA) is 76.1 Å². The van der Waals surface area contributed by atoms with E-state index in [1.807, 2.05) is 26.0 Å². The normalized spacial score (nSPS) is 10.4. The Morgan fingerprint density at radius 2 is 2.13 bits per heavy atom. The van der Waals surface area contributed by atoms with Gasteiger partial charge < -0.3 is 15.4 Å². The average molecular weight is 335 g/mol. The van der Waals surface area contributed by atoms with Gasteiger partial charge in [0.25, 0.3) is 5.91 Å². The van der Waals surface area contributed by atoms with E-state index in [1.54, 1.807) is 13.2 Å². The Balaban J connectivity index is 2.13. The van der Waals surface area contributed by atoms with Crippen LogP contribution in [0.4, 0.5) is 11.6 Å². The van der Waals surface area contributed by atoms with Gasteiger partial charge in [-0.05, 0) is 37.1 Å². The summed E-state index contributed by atoms with van der Waals surface area (Å²) < 4.78 is 4.94. The molecule has 0 saturated heterocycles. The Morgan fingerprint density at radius 3 is 2.83 bits per heavy atom. The van der Waals surface area contributed by atoms with Crippen molar-refractivity contribution in [1.29, 1.82) is 0 Å². The molecule has 1 amide bonds. The lowest BCUT2D eigenvalue weighted by Gasteiger charge is -2.11. The molecule has 1 heterocycles. The molecule has 7 heteroatoms. The van der Waals surface area contributed by atoms with Crippen molar-refractivity contribution in [3.05, 3.63) is 46.2 Å². The summed E-state index contributed by atoms with van der Waals surface area (Å²) in [6.45, 7) is 4.93. The first-order chi connectivity index (χ1) is 11.0. The van der Waals surface area contributed by atoms with Gasteiger partial charge >= 0.3 is 0 Å². The molecule has 2 N–H and O–H groups in total. The first kappa shape index (κ1) is 17.2. The second kappa shape index (κ2) is 7.89. The van der Waals surface area contributed by atoms with Crippen molar-refractivity contribution in [2.45, 2.75) is 13.8 Å². The lowest BCUT2D eigenvalue weighted by molar-refractivity contribution is 0.102. The van der Waals surface area contributed by atoms with Crippen LogP contribution in [-0.2, 0) is 4.74 Å². The number of carbonyl (C=O) groups is 1. The van der Waals surface area contributed by atoms with E-state index in [2.05, 4.69) is 20.6 Å². The predicted molar refractivity (Wildman–Crippen MR) is 91.3 cm³/mol. The number of rotatable bonds is 6. The highest BCUT2D eigenvalue weighted by Gasteiger charge is 2.13. The third-order valence-corrected chi connectivity index (χ3v) is 3.45. The number of halogens is 1. The number of hydrogen-bond donors (Lipinski definition) is 2. The number of aryl methyl sites for hydroxylation is 2. The van der Waals surface area contributed by atoms with Gasteiger partial charge in [-0.2, -0.15) is 0 Å².